The lowest BCUT2D eigenvalue weighted by molar-refractivity contribution is -0.116. The van der Waals surface area contributed by atoms with Gasteiger partial charge < -0.3 is 16.0 Å². The topological polar surface area (TPSA) is 65.5 Å². The molecule has 0 fully saturated rings. The number of anilines is 1. The summed E-state index contributed by atoms with van der Waals surface area (Å²) in [6.07, 6.45) is 2.51. The lowest BCUT2D eigenvalue weighted by Crippen LogP contribution is -2.38. The molecule has 0 bridgehead atoms. The Balaban J connectivity index is 2.62. The molecule has 0 aromatic heterocycles. The highest BCUT2D eigenvalue weighted by Gasteiger charge is 2.02. The van der Waals surface area contributed by atoms with Gasteiger partial charge in [-0.05, 0) is 43.4 Å². The number of rotatable bonds is 9. The lowest BCUT2D eigenvalue weighted by atomic mass is 10.1. The highest BCUT2D eigenvalue weighted by atomic mass is 16.1. The largest absolute Gasteiger partial charge is 0.357 e. The van der Waals surface area contributed by atoms with Crippen molar-refractivity contribution in [2.24, 2.45) is 10.9 Å². The van der Waals surface area contributed by atoms with Crippen LogP contribution in [-0.4, -0.2) is 25.0 Å². The van der Waals surface area contributed by atoms with Gasteiger partial charge in [0.15, 0.2) is 5.96 Å². The van der Waals surface area contributed by atoms with Gasteiger partial charge in [-0.15, -0.1) is 0 Å². The molecule has 0 atom stereocenters. The Morgan fingerprint density at radius 3 is 2.67 bits per heavy atom. The zero-order valence-corrected chi connectivity index (χ0v) is 15.5. The van der Waals surface area contributed by atoms with Crippen molar-refractivity contribution >= 4 is 17.6 Å². The van der Waals surface area contributed by atoms with Gasteiger partial charge in [-0.2, -0.15) is 0 Å². The first-order valence-electron chi connectivity index (χ1n) is 8.96. The van der Waals surface area contributed by atoms with Crippen molar-refractivity contribution in [3.8, 4) is 0 Å². The van der Waals surface area contributed by atoms with Crippen LogP contribution in [-0.2, 0) is 11.3 Å². The van der Waals surface area contributed by atoms with Crippen molar-refractivity contribution in [2.45, 2.75) is 53.5 Å². The Morgan fingerprint density at radius 2 is 2.00 bits per heavy atom. The van der Waals surface area contributed by atoms with Crippen molar-refractivity contribution in [3.05, 3.63) is 29.8 Å². The fourth-order valence-corrected chi connectivity index (χ4v) is 2.19. The maximum atomic E-state index is 11.7. The summed E-state index contributed by atoms with van der Waals surface area (Å²) in [4.78, 5) is 16.3. The molecule has 5 nitrogen and oxygen atoms in total. The second-order valence-corrected chi connectivity index (χ2v) is 6.30. The first kappa shape index (κ1) is 20.0. The summed E-state index contributed by atoms with van der Waals surface area (Å²) >= 11 is 0. The van der Waals surface area contributed by atoms with Gasteiger partial charge in [0.05, 0.1) is 6.54 Å². The van der Waals surface area contributed by atoms with E-state index in [0.29, 0.717) is 18.9 Å². The Morgan fingerprint density at radius 1 is 1.21 bits per heavy atom. The van der Waals surface area contributed by atoms with Crippen LogP contribution in [0.1, 0.15) is 52.5 Å². The predicted molar refractivity (Wildman–Crippen MR) is 102 cm³/mol. The number of hydrogen-bond acceptors (Lipinski definition) is 2. The molecule has 1 aromatic carbocycles. The number of guanidine groups is 1. The summed E-state index contributed by atoms with van der Waals surface area (Å²) in [5.74, 6) is 1.56. The van der Waals surface area contributed by atoms with Crippen molar-refractivity contribution in [1.82, 2.24) is 10.6 Å². The van der Waals surface area contributed by atoms with Crippen molar-refractivity contribution in [3.63, 3.8) is 0 Å². The van der Waals surface area contributed by atoms with Gasteiger partial charge in [0.1, 0.15) is 0 Å². The molecule has 0 aliphatic carbocycles. The molecule has 5 heteroatoms. The maximum absolute atomic E-state index is 11.7. The van der Waals surface area contributed by atoms with Crippen LogP contribution in [0.4, 0.5) is 5.69 Å². The van der Waals surface area contributed by atoms with E-state index in [4.69, 9.17) is 0 Å². The van der Waals surface area contributed by atoms with Crippen LogP contribution >= 0.6 is 0 Å². The molecule has 1 amide bonds. The fourth-order valence-electron chi connectivity index (χ4n) is 2.19. The van der Waals surface area contributed by atoms with Gasteiger partial charge in [0.2, 0.25) is 5.91 Å². The van der Waals surface area contributed by atoms with Crippen molar-refractivity contribution in [2.75, 3.05) is 18.4 Å². The highest BCUT2D eigenvalue weighted by Crippen LogP contribution is 2.12. The van der Waals surface area contributed by atoms with Crippen LogP contribution in [0.2, 0.25) is 0 Å². The lowest BCUT2D eigenvalue weighted by Gasteiger charge is -2.12. The molecule has 1 aromatic rings. The minimum atomic E-state index is 0.0573. The number of hydrogen-bond donors (Lipinski definition) is 3. The predicted octanol–water partition coefficient (Wildman–Crippen LogP) is 3.53. The van der Waals surface area contributed by atoms with E-state index < -0.39 is 0 Å². The molecule has 3 N–H and O–H groups in total. The van der Waals surface area contributed by atoms with E-state index in [0.717, 1.165) is 43.1 Å². The third kappa shape index (κ3) is 8.56. The van der Waals surface area contributed by atoms with E-state index in [-0.39, 0.29) is 5.91 Å². The first-order chi connectivity index (χ1) is 11.5. The second-order valence-electron chi connectivity index (χ2n) is 6.30. The zero-order chi connectivity index (χ0) is 17.8. The minimum absolute atomic E-state index is 0.0573. The normalized spacial score (nSPS) is 11.5. The Labute approximate surface area is 146 Å². The van der Waals surface area contributed by atoms with Crippen molar-refractivity contribution in [1.29, 1.82) is 0 Å². The standard InChI is InChI=1S/C19H32N4O/c1-5-8-18(24)23-17-10-7-9-16(13-17)14-22-19(20-6-2)21-12-11-15(3)4/h7,9-10,13,15H,5-6,8,11-12,14H2,1-4H3,(H,23,24)(H2,20,21,22). The summed E-state index contributed by atoms with van der Waals surface area (Å²) in [6.45, 7) is 10.8. The second kappa shape index (κ2) is 11.5. The third-order valence-corrected chi connectivity index (χ3v) is 3.47. The van der Waals surface area contributed by atoms with E-state index >= 15 is 0 Å². The van der Waals surface area contributed by atoms with Crippen LogP contribution in [0.5, 0.6) is 0 Å². The molecule has 0 aliphatic rings. The summed E-state index contributed by atoms with van der Waals surface area (Å²) in [7, 11) is 0. The van der Waals surface area contributed by atoms with Gasteiger partial charge in [-0.3, -0.25) is 4.79 Å². The van der Waals surface area contributed by atoms with Crippen LogP contribution in [0.15, 0.2) is 29.3 Å². The minimum Gasteiger partial charge on any atom is -0.357 e. The number of nitrogens with zero attached hydrogens (tertiary/aromatic N) is 1. The third-order valence-electron chi connectivity index (χ3n) is 3.47. The molecule has 0 spiro atoms. The molecule has 0 unspecified atom stereocenters. The molecule has 134 valence electrons. The number of benzene rings is 1. The van der Waals surface area contributed by atoms with E-state index in [1.54, 1.807) is 0 Å². The average Bonchev–Trinajstić information content (AvgIpc) is 2.53. The van der Waals surface area contributed by atoms with E-state index in [1.165, 1.54) is 0 Å². The quantitative estimate of drug-likeness (QED) is 0.479. The summed E-state index contributed by atoms with van der Waals surface area (Å²) < 4.78 is 0. The highest BCUT2D eigenvalue weighted by molar-refractivity contribution is 5.90. The van der Waals surface area contributed by atoms with Crippen LogP contribution in [0.3, 0.4) is 0 Å². The molecule has 0 saturated heterocycles. The average molecular weight is 332 g/mol. The van der Waals surface area contributed by atoms with Gasteiger partial charge in [0.25, 0.3) is 0 Å². The van der Waals surface area contributed by atoms with Crippen LogP contribution in [0, 0.1) is 5.92 Å². The fraction of sp³-hybridized carbons (Fsp3) is 0.579. The van der Waals surface area contributed by atoms with Gasteiger partial charge in [-0.25, -0.2) is 4.99 Å². The SMILES string of the molecule is CCCC(=O)Nc1cccc(CN=C(NCC)NCCC(C)C)c1. The summed E-state index contributed by atoms with van der Waals surface area (Å²) in [5.41, 5.74) is 1.91. The van der Waals surface area contributed by atoms with E-state index in [2.05, 4.69) is 41.7 Å². The molecular weight excluding hydrogens is 300 g/mol. The van der Waals surface area contributed by atoms with Crippen LogP contribution in [0.25, 0.3) is 0 Å². The number of aliphatic imine (C=N–C) groups is 1. The number of carbonyl (C=O) groups excluding carboxylic acids is 1. The smallest absolute Gasteiger partial charge is 0.224 e. The number of carbonyl (C=O) groups is 1. The summed E-state index contributed by atoms with van der Waals surface area (Å²) in [6, 6.07) is 7.86. The van der Waals surface area contributed by atoms with Crippen LogP contribution < -0.4 is 16.0 Å². The summed E-state index contributed by atoms with van der Waals surface area (Å²) in [5, 5.41) is 9.54. The first-order valence-corrected chi connectivity index (χ1v) is 8.96. The van der Waals surface area contributed by atoms with Gasteiger partial charge in [-0.1, -0.05) is 32.9 Å². The number of nitrogens with one attached hydrogen (secondary N) is 3. The number of amides is 1. The molecule has 1 rings (SSSR count). The molecular formula is C19H32N4O. The van der Waals surface area contributed by atoms with Gasteiger partial charge >= 0.3 is 0 Å². The Kier molecular flexibility index (Phi) is 9.58. The van der Waals surface area contributed by atoms with Crippen molar-refractivity contribution < 1.29 is 4.79 Å². The monoisotopic (exact) mass is 332 g/mol. The Bertz CT molecular complexity index is 526. The maximum Gasteiger partial charge on any atom is 0.224 e. The van der Waals surface area contributed by atoms with Gasteiger partial charge in [0, 0.05) is 25.2 Å². The molecule has 0 heterocycles. The van der Waals surface area contributed by atoms with E-state index in [9.17, 15) is 4.79 Å². The molecule has 0 saturated carbocycles. The molecule has 0 aliphatic heterocycles. The van der Waals surface area contributed by atoms with E-state index in [1.807, 2.05) is 31.2 Å². The molecule has 24 heavy (non-hydrogen) atoms. The zero-order valence-electron chi connectivity index (χ0n) is 15.5. The Hall–Kier alpha value is -2.04. The molecule has 0 radical (unpaired) electrons.